The number of nitro benzene ring substituents is 1. The first kappa shape index (κ1) is 16.8. The number of carbonyl (C=O) groups is 2. The quantitative estimate of drug-likeness (QED) is 0.469. The predicted molar refractivity (Wildman–Crippen MR) is 91.0 cm³/mol. The highest BCUT2D eigenvalue weighted by Crippen LogP contribution is 2.33. The number of halogens is 1. The predicted octanol–water partition coefficient (Wildman–Crippen LogP) is 3.97. The standard InChI is InChI=1S/C17H11FN2O4S/c18-14-7-2-1-5-12(14)9-15-16(21)19(17(22)25-15)10-11-4-3-6-13(8-11)20(23)24/h1-9H,10H2. The molecule has 0 radical (unpaired) electrons. The second kappa shape index (κ2) is 6.86. The fourth-order valence-corrected chi connectivity index (χ4v) is 3.15. The van der Waals surface area contributed by atoms with Crippen molar-refractivity contribution < 1.29 is 18.9 Å². The molecule has 0 bridgehead atoms. The number of rotatable bonds is 4. The first-order valence-corrected chi connectivity index (χ1v) is 8.00. The van der Waals surface area contributed by atoms with Crippen LogP contribution in [0.15, 0.2) is 53.4 Å². The van der Waals surface area contributed by atoms with Crippen molar-refractivity contribution in [3.05, 3.63) is 80.5 Å². The van der Waals surface area contributed by atoms with Gasteiger partial charge in [0.05, 0.1) is 16.4 Å². The summed E-state index contributed by atoms with van der Waals surface area (Å²) in [5.41, 5.74) is 0.554. The van der Waals surface area contributed by atoms with Crippen LogP contribution in [0.3, 0.4) is 0 Å². The number of imide groups is 1. The molecule has 1 fully saturated rings. The van der Waals surface area contributed by atoms with Crippen LogP contribution in [0.2, 0.25) is 0 Å². The molecule has 25 heavy (non-hydrogen) atoms. The summed E-state index contributed by atoms with van der Waals surface area (Å²) in [4.78, 5) is 35.9. The lowest BCUT2D eigenvalue weighted by Crippen LogP contribution is -2.27. The molecule has 1 aliphatic heterocycles. The molecule has 126 valence electrons. The molecular formula is C17H11FN2O4S. The molecule has 2 amide bonds. The molecule has 0 aliphatic carbocycles. The molecule has 0 spiro atoms. The zero-order chi connectivity index (χ0) is 18.0. The van der Waals surface area contributed by atoms with Gasteiger partial charge in [-0.15, -0.1) is 0 Å². The van der Waals surface area contributed by atoms with E-state index < -0.39 is 21.9 Å². The molecule has 2 aromatic carbocycles. The third-order valence-corrected chi connectivity index (χ3v) is 4.43. The Morgan fingerprint density at radius 1 is 1.16 bits per heavy atom. The van der Waals surface area contributed by atoms with Crippen LogP contribution in [-0.4, -0.2) is 21.0 Å². The van der Waals surface area contributed by atoms with Gasteiger partial charge in [-0.05, 0) is 29.5 Å². The molecule has 0 atom stereocenters. The number of carbonyl (C=O) groups excluding carboxylic acids is 2. The maximum absolute atomic E-state index is 13.7. The van der Waals surface area contributed by atoms with E-state index in [-0.39, 0.29) is 22.7 Å². The fraction of sp³-hybridized carbons (Fsp3) is 0.0588. The first-order valence-electron chi connectivity index (χ1n) is 7.19. The van der Waals surface area contributed by atoms with E-state index in [2.05, 4.69) is 0 Å². The second-order valence-corrected chi connectivity index (χ2v) is 6.21. The third-order valence-electron chi connectivity index (χ3n) is 3.53. The number of hydrogen-bond acceptors (Lipinski definition) is 5. The summed E-state index contributed by atoms with van der Waals surface area (Å²) in [6.07, 6.45) is 1.33. The summed E-state index contributed by atoms with van der Waals surface area (Å²) in [6.45, 7) is -0.0824. The first-order chi connectivity index (χ1) is 12.0. The fourth-order valence-electron chi connectivity index (χ4n) is 2.32. The van der Waals surface area contributed by atoms with Crippen LogP contribution in [0.4, 0.5) is 14.9 Å². The minimum absolute atomic E-state index is 0.0824. The minimum atomic E-state index is -0.551. The van der Waals surface area contributed by atoms with Crippen LogP contribution in [0.25, 0.3) is 6.08 Å². The van der Waals surface area contributed by atoms with Crippen LogP contribution >= 0.6 is 11.8 Å². The average Bonchev–Trinajstić information content (AvgIpc) is 2.85. The average molecular weight is 358 g/mol. The number of amides is 2. The van der Waals surface area contributed by atoms with Crippen LogP contribution in [0, 0.1) is 15.9 Å². The van der Waals surface area contributed by atoms with Crippen molar-refractivity contribution in [2.45, 2.75) is 6.54 Å². The smallest absolute Gasteiger partial charge is 0.268 e. The molecule has 2 aromatic rings. The van der Waals surface area contributed by atoms with Crippen LogP contribution in [-0.2, 0) is 11.3 Å². The van der Waals surface area contributed by atoms with Crippen molar-refractivity contribution in [3.63, 3.8) is 0 Å². The number of nitrogens with zero attached hydrogens (tertiary/aromatic N) is 2. The van der Waals surface area contributed by atoms with Gasteiger partial charge in [-0.3, -0.25) is 24.6 Å². The zero-order valence-electron chi connectivity index (χ0n) is 12.7. The van der Waals surface area contributed by atoms with Crippen LogP contribution in [0.5, 0.6) is 0 Å². The Hall–Kier alpha value is -3.00. The molecule has 3 rings (SSSR count). The van der Waals surface area contributed by atoms with Crippen molar-refractivity contribution in [2.75, 3.05) is 0 Å². The number of thioether (sulfide) groups is 1. The van der Waals surface area contributed by atoms with E-state index in [4.69, 9.17) is 0 Å². The van der Waals surface area contributed by atoms with Crippen molar-refractivity contribution in [1.82, 2.24) is 4.90 Å². The topological polar surface area (TPSA) is 80.5 Å². The number of non-ortho nitro benzene ring substituents is 1. The largest absolute Gasteiger partial charge is 0.293 e. The number of benzene rings is 2. The third kappa shape index (κ3) is 3.58. The molecule has 0 saturated carbocycles. The Balaban J connectivity index is 1.84. The maximum Gasteiger partial charge on any atom is 0.293 e. The van der Waals surface area contributed by atoms with E-state index in [9.17, 15) is 24.1 Å². The lowest BCUT2D eigenvalue weighted by atomic mass is 10.2. The normalized spacial score (nSPS) is 15.9. The lowest BCUT2D eigenvalue weighted by Gasteiger charge is -2.12. The van der Waals surface area contributed by atoms with E-state index in [0.717, 1.165) is 4.90 Å². The van der Waals surface area contributed by atoms with Gasteiger partial charge >= 0.3 is 0 Å². The lowest BCUT2D eigenvalue weighted by molar-refractivity contribution is -0.384. The van der Waals surface area contributed by atoms with Gasteiger partial charge in [0, 0.05) is 17.7 Å². The molecule has 0 unspecified atom stereocenters. The van der Waals surface area contributed by atoms with Crippen molar-refractivity contribution >= 4 is 34.7 Å². The Bertz CT molecular complexity index is 913. The summed E-state index contributed by atoms with van der Waals surface area (Å²) in [5, 5.41) is 10.3. The molecule has 0 aromatic heterocycles. The Kier molecular flexibility index (Phi) is 4.62. The minimum Gasteiger partial charge on any atom is -0.268 e. The van der Waals surface area contributed by atoms with Crippen molar-refractivity contribution in [3.8, 4) is 0 Å². The number of hydrogen-bond donors (Lipinski definition) is 0. The van der Waals surface area contributed by atoms with E-state index in [0.29, 0.717) is 17.3 Å². The molecular weight excluding hydrogens is 347 g/mol. The summed E-state index contributed by atoms with van der Waals surface area (Å²) in [5.74, 6) is -1.04. The van der Waals surface area contributed by atoms with Gasteiger partial charge in [-0.1, -0.05) is 30.3 Å². The highest BCUT2D eigenvalue weighted by atomic mass is 32.2. The Labute approximate surface area is 146 Å². The number of nitro groups is 1. The van der Waals surface area contributed by atoms with Gasteiger partial charge in [0.1, 0.15) is 5.82 Å². The summed E-state index contributed by atoms with van der Waals surface area (Å²) in [6, 6.07) is 11.6. The summed E-state index contributed by atoms with van der Waals surface area (Å²) < 4.78 is 13.7. The van der Waals surface area contributed by atoms with E-state index in [1.165, 1.54) is 42.5 Å². The highest BCUT2D eigenvalue weighted by Gasteiger charge is 2.35. The SMILES string of the molecule is O=C1SC(=Cc2ccccc2F)C(=O)N1Cc1cccc([N+](=O)[O-])c1. The molecule has 8 heteroatoms. The maximum atomic E-state index is 13.7. The van der Waals surface area contributed by atoms with E-state index in [1.807, 2.05) is 0 Å². The summed E-state index contributed by atoms with van der Waals surface area (Å²) >= 11 is 0.713. The van der Waals surface area contributed by atoms with Gasteiger partial charge in [0.25, 0.3) is 16.8 Å². The van der Waals surface area contributed by atoms with E-state index >= 15 is 0 Å². The molecule has 1 saturated heterocycles. The molecule has 1 aliphatic rings. The van der Waals surface area contributed by atoms with Gasteiger partial charge < -0.3 is 0 Å². The van der Waals surface area contributed by atoms with Crippen molar-refractivity contribution in [2.24, 2.45) is 0 Å². The molecule has 6 nitrogen and oxygen atoms in total. The van der Waals surface area contributed by atoms with Gasteiger partial charge in [0.15, 0.2) is 0 Å². The second-order valence-electron chi connectivity index (χ2n) is 5.22. The van der Waals surface area contributed by atoms with E-state index in [1.54, 1.807) is 12.1 Å². The summed E-state index contributed by atoms with van der Waals surface area (Å²) in [7, 11) is 0. The molecule has 1 heterocycles. The van der Waals surface area contributed by atoms with Crippen LogP contribution in [0.1, 0.15) is 11.1 Å². The highest BCUT2D eigenvalue weighted by molar-refractivity contribution is 8.18. The molecule has 0 N–H and O–H groups in total. The monoisotopic (exact) mass is 358 g/mol. The van der Waals surface area contributed by atoms with Gasteiger partial charge in [-0.2, -0.15) is 0 Å². The van der Waals surface area contributed by atoms with Crippen molar-refractivity contribution in [1.29, 1.82) is 0 Å². The zero-order valence-corrected chi connectivity index (χ0v) is 13.5. The van der Waals surface area contributed by atoms with Crippen LogP contribution < -0.4 is 0 Å². The Morgan fingerprint density at radius 2 is 1.92 bits per heavy atom. The Morgan fingerprint density at radius 3 is 2.64 bits per heavy atom. The van der Waals surface area contributed by atoms with Gasteiger partial charge in [0.2, 0.25) is 0 Å². The van der Waals surface area contributed by atoms with Gasteiger partial charge in [-0.25, -0.2) is 4.39 Å².